The van der Waals surface area contributed by atoms with E-state index in [2.05, 4.69) is 12.3 Å². The van der Waals surface area contributed by atoms with Crippen molar-refractivity contribution in [1.29, 1.82) is 0 Å². The summed E-state index contributed by atoms with van der Waals surface area (Å²) in [6, 6.07) is -0.109. The van der Waals surface area contributed by atoms with Crippen LogP contribution < -0.4 is 11.3 Å². The molecule has 0 amide bonds. The van der Waals surface area contributed by atoms with E-state index in [0.29, 0.717) is 5.92 Å². The number of hydrogen-bond donors (Lipinski definition) is 2. The van der Waals surface area contributed by atoms with Gasteiger partial charge in [-0.25, -0.2) is 8.42 Å². The second kappa shape index (κ2) is 5.47. The van der Waals surface area contributed by atoms with Crippen molar-refractivity contribution in [3.8, 4) is 0 Å². The van der Waals surface area contributed by atoms with Gasteiger partial charge in [-0.3, -0.25) is 11.3 Å². The van der Waals surface area contributed by atoms with E-state index in [4.69, 9.17) is 5.84 Å². The Kier molecular flexibility index (Phi) is 4.76. The molecule has 0 saturated heterocycles. The first-order valence-electron chi connectivity index (χ1n) is 6.01. The molecule has 0 aromatic rings. The third-order valence-electron chi connectivity index (χ3n) is 3.94. The van der Waals surface area contributed by atoms with Crippen LogP contribution in [0.3, 0.4) is 0 Å². The molecule has 0 aliphatic heterocycles. The summed E-state index contributed by atoms with van der Waals surface area (Å²) in [4.78, 5) is 0. The van der Waals surface area contributed by atoms with Crippen molar-refractivity contribution in [2.75, 3.05) is 6.26 Å². The van der Waals surface area contributed by atoms with Gasteiger partial charge in [-0.15, -0.1) is 0 Å². The smallest absolute Gasteiger partial charge is 0.151 e. The molecule has 1 aliphatic rings. The highest BCUT2D eigenvalue weighted by molar-refractivity contribution is 7.91. The van der Waals surface area contributed by atoms with E-state index in [0.717, 1.165) is 18.8 Å². The number of hydrogen-bond acceptors (Lipinski definition) is 4. The molecule has 1 saturated carbocycles. The van der Waals surface area contributed by atoms with E-state index in [1.807, 2.05) is 0 Å². The number of rotatable bonds is 4. The minimum atomic E-state index is -3.02. The summed E-state index contributed by atoms with van der Waals surface area (Å²) >= 11 is 0. The molecule has 3 N–H and O–H groups in total. The molecule has 1 aliphatic carbocycles. The molecule has 96 valence electrons. The van der Waals surface area contributed by atoms with Crippen molar-refractivity contribution in [1.82, 2.24) is 5.43 Å². The van der Waals surface area contributed by atoms with Gasteiger partial charge in [0, 0.05) is 12.3 Å². The van der Waals surface area contributed by atoms with Gasteiger partial charge in [0.25, 0.3) is 0 Å². The summed E-state index contributed by atoms with van der Waals surface area (Å²) in [7, 11) is -3.02. The Morgan fingerprint density at radius 1 is 1.25 bits per heavy atom. The van der Waals surface area contributed by atoms with Gasteiger partial charge in [0.1, 0.15) is 0 Å². The van der Waals surface area contributed by atoms with E-state index in [1.54, 1.807) is 6.92 Å². The Morgan fingerprint density at radius 3 is 2.12 bits per heavy atom. The van der Waals surface area contributed by atoms with Crippen LogP contribution in [-0.2, 0) is 9.84 Å². The SMILES string of the molecule is CC1CCC(C(NN)C(C)S(C)(=O)=O)CC1. The lowest BCUT2D eigenvalue weighted by Gasteiger charge is -2.34. The van der Waals surface area contributed by atoms with Crippen LogP contribution in [0, 0.1) is 11.8 Å². The van der Waals surface area contributed by atoms with Crippen molar-refractivity contribution < 1.29 is 8.42 Å². The molecule has 2 atom stereocenters. The van der Waals surface area contributed by atoms with Crippen molar-refractivity contribution in [2.45, 2.75) is 50.8 Å². The lowest BCUT2D eigenvalue weighted by atomic mass is 9.78. The van der Waals surface area contributed by atoms with Gasteiger partial charge in [-0.05, 0) is 31.6 Å². The minimum absolute atomic E-state index is 0.109. The topological polar surface area (TPSA) is 72.2 Å². The monoisotopic (exact) mass is 248 g/mol. The molecular weight excluding hydrogens is 224 g/mol. The molecule has 0 heterocycles. The van der Waals surface area contributed by atoms with Crippen molar-refractivity contribution >= 4 is 9.84 Å². The predicted molar refractivity (Wildman–Crippen MR) is 66.5 cm³/mol. The standard InChI is InChI=1S/C11H24N2O2S/c1-8-4-6-10(7-5-8)11(13-12)9(2)16(3,14)15/h8-11,13H,4-7,12H2,1-3H3. The second-order valence-corrected chi connectivity index (χ2v) is 7.65. The summed E-state index contributed by atoms with van der Waals surface area (Å²) in [5, 5.41) is -0.407. The molecule has 2 unspecified atom stereocenters. The minimum Gasteiger partial charge on any atom is -0.271 e. The molecule has 5 heteroatoms. The molecule has 1 rings (SSSR count). The molecular formula is C11H24N2O2S. The van der Waals surface area contributed by atoms with Gasteiger partial charge in [-0.2, -0.15) is 0 Å². The fraction of sp³-hybridized carbons (Fsp3) is 1.00. The predicted octanol–water partition coefficient (Wildman–Crippen LogP) is 1.08. The Labute approximate surface area is 98.9 Å². The third kappa shape index (κ3) is 3.43. The van der Waals surface area contributed by atoms with E-state index in [-0.39, 0.29) is 6.04 Å². The number of nitrogens with one attached hydrogen (secondary N) is 1. The van der Waals surface area contributed by atoms with Crippen LogP contribution in [0.2, 0.25) is 0 Å². The average molecular weight is 248 g/mol. The van der Waals surface area contributed by atoms with Crippen molar-refractivity contribution in [3.05, 3.63) is 0 Å². The van der Waals surface area contributed by atoms with Crippen LogP contribution in [-0.4, -0.2) is 26.0 Å². The highest BCUT2D eigenvalue weighted by atomic mass is 32.2. The summed E-state index contributed by atoms with van der Waals surface area (Å²) in [6.45, 7) is 4.00. The Hall–Kier alpha value is -0.130. The molecule has 0 aromatic heterocycles. The molecule has 16 heavy (non-hydrogen) atoms. The molecule has 1 fully saturated rings. The van der Waals surface area contributed by atoms with Gasteiger partial charge >= 0.3 is 0 Å². The largest absolute Gasteiger partial charge is 0.271 e. The first-order valence-corrected chi connectivity index (χ1v) is 7.96. The number of sulfone groups is 1. The maximum absolute atomic E-state index is 11.5. The molecule has 0 bridgehead atoms. The van der Waals surface area contributed by atoms with Crippen LogP contribution in [0.5, 0.6) is 0 Å². The summed E-state index contributed by atoms with van der Waals surface area (Å²) < 4.78 is 23.1. The lowest BCUT2D eigenvalue weighted by molar-refractivity contribution is 0.228. The molecule has 0 radical (unpaired) electrons. The first-order chi connectivity index (χ1) is 7.36. The number of hydrazine groups is 1. The van der Waals surface area contributed by atoms with Crippen LogP contribution in [0.25, 0.3) is 0 Å². The quantitative estimate of drug-likeness (QED) is 0.577. The normalized spacial score (nSPS) is 31.0. The Morgan fingerprint density at radius 2 is 1.75 bits per heavy atom. The zero-order valence-corrected chi connectivity index (χ0v) is 11.3. The zero-order chi connectivity index (χ0) is 12.3. The molecule has 0 aromatic carbocycles. The second-order valence-electron chi connectivity index (χ2n) is 5.25. The van der Waals surface area contributed by atoms with Crippen molar-refractivity contribution in [2.24, 2.45) is 17.7 Å². The van der Waals surface area contributed by atoms with Gasteiger partial charge in [0.15, 0.2) is 9.84 Å². The first kappa shape index (κ1) is 13.9. The van der Waals surface area contributed by atoms with E-state index >= 15 is 0 Å². The van der Waals surface area contributed by atoms with Crippen molar-refractivity contribution in [3.63, 3.8) is 0 Å². The Bertz CT molecular complexity index is 308. The maximum atomic E-state index is 11.5. The summed E-state index contributed by atoms with van der Waals surface area (Å²) in [6.07, 6.45) is 5.80. The van der Waals surface area contributed by atoms with Crippen LogP contribution >= 0.6 is 0 Å². The van der Waals surface area contributed by atoms with Gasteiger partial charge in [-0.1, -0.05) is 19.8 Å². The van der Waals surface area contributed by atoms with Gasteiger partial charge < -0.3 is 0 Å². The van der Waals surface area contributed by atoms with Crippen LogP contribution in [0.1, 0.15) is 39.5 Å². The summed E-state index contributed by atoms with van der Waals surface area (Å²) in [5.74, 6) is 6.68. The molecule has 0 spiro atoms. The maximum Gasteiger partial charge on any atom is 0.151 e. The Balaban J connectivity index is 2.68. The highest BCUT2D eigenvalue weighted by Crippen LogP contribution is 2.32. The zero-order valence-electron chi connectivity index (χ0n) is 10.4. The fourth-order valence-electron chi connectivity index (χ4n) is 2.57. The fourth-order valence-corrected chi connectivity index (χ4v) is 3.40. The highest BCUT2D eigenvalue weighted by Gasteiger charge is 2.33. The third-order valence-corrected chi connectivity index (χ3v) is 5.59. The van der Waals surface area contributed by atoms with E-state index in [1.165, 1.54) is 19.1 Å². The lowest BCUT2D eigenvalue weighted by Crippen LogP contribution is -2.51. The van der Waals surface area contributed by atoms with Crippen LogP contribution in [0.4, 0.5) is 0 Å². The van der Waals surface area contributed by atoms with Crippen LogP contribution in [0.15, 0.2) is 0 Å². The van der Waals surface area contributed by atoms with Gasteiger partial charge in [0.05, 0.1) is 5.25 Å². The summed E-state index contributed by atoms with van der Waals surface area (Å²) in [5.41, 5.74) is 2.71. The molecule has 4 nitrogen and oxygen atoms in total. The van der Waals surface area contributed by atoms with E-state index < -0.39 is 15.1 Å². The van der Waals surface area contributed by atoms with E-state index in [9.17, 15) is 8.42 Å². The average Bonchev–Trinajstić information content (AvgIpc) is 2.20. The van der Waals surface area contributed by atoms with Gasteiger partial charge in [0.2, 0.25) is 0 Å². The number of nitrogens with two attached hydrogens (primary N) is 1.